The first-order chi connectivity index (χ1) is 13.0. The van der Waals surface area contributed by atoms with Gasteiger partial charge in [-0.2, -0.15) is 0 Å². The molecule has 2 heterocycles. The van der Waals surface area contributed by atoms with E-state index in [4.69, 9.17) is 4.74 Å². The number of piperidine rings is 1. The van der Waals surface area contributed by atoms with E-state index in [0.717, 1.165) is 48.8 Å². The van der Waals surface area contributed by atoms with Crippen LogP contribution >= 0.6 is 0 Å². The van der Waals surface area contributed by atoms with Crippen LogP contribution in [0.15, 0.2) is 24.3 Å². The van der Waals surface area contributed by atoms with E-state index < -0.39 is 0 Å². The van der Waals surface area contributed by atoms with Crippen molar-refractivity contribution in [1.29, 1.82) is 0 Å². The molecular weight excluding hydrogens is 342 g/mol. The number of nitrogens with one attached hydrogen (secondary N) is 1. The summed E-state index contributed by atoms with van der Waals surface area (Å²) in [6, 6.07) is 8.42. The number of likely N-dealkylation sites (tertiary alicyclic amines) is 1. The Kier molecular flexibility index (Phi) is 6.16. The van der Waals surface area contributed by atoms with Gasteiger partial charge in [-0.1, -0.05) is 11.6 Å². The Hall–Kier alpha value is -2.34. The third kappa shape index (κ3) is 4.33. The van der Waals surface area contributed by atoms with Crippen LogP contribution in [0.1, 0.15) is 41.7 Å². The summed E-state index contributed by atoms with van der Waals surface area (Å²) in [6.45, 7) is 3.47. The fourth-order valence-electron chi connectivity index (χ4n) is 3.95. The summed E-state index contributed by atoms with van der Waals surface area (Å²) in [5.74, 6) is -0.0329. The van der Waals surface area contributed by atoms with E-state index in [2.05, 4.69) is 30.4 Å². The zero-order valence-corrected chi connectivity index (χ0v) is 16.5. The zero-order chi connectivity index (χ0) is 19.4. The molecule has 1 aromatic heterocycles. The van der Waals surface area contributed by atoms with Crippen molar-refractivity contribution >= 4 is 22.7 Å². The Morgan fingerprint density at radius 3 is 2.85 bits per heavy atom. The first-order valence-electron chi connectivity index (χ1n) is 9.64. The van der Waals surface area contributed by atoms with Crippen LogP contribution in [0.25, 0.3) is 10.9 Å². The van der Waals surface area contributed by atoms with Gasteiger partial charge in [0.1, 0.15) is 12.3 Å². The summed E-state index contributed by atoms with van der Waals surface area (Å²) in [5, 5.41) is 3.96. The van der Waals surface area contributed by atoms with Crippen LogP contribution in [-0.4, -0.2) is 54.1 Å². The number of aromatic nitrogens is 1. The van der Waals surface area contributed by atoms with Gasteiger partial charge in [-0.25, -0.2) is 0 Å². The fourth-order valence-corrected chi connectivity index (χ4v) is 3.95. The van der Waals surface area contributed by atoms with Crippen molar-refractivity contribution in [3.8, 4) is 0 Å². The molecule has 1 aromatic carbocycles. The molecule has 1 atom stereocenters. The van der Waals surface area contributed by atoms with Crippen LogP contribution in [0.2, 0.25) is 0 Å². The summed E-state index contributed by atoms with van der Waals surface area (Å²) < 4.78 is 6.82. The summed E-state index contributed by atoms with van der Waals surface area (Å²) in [5.41, 5.74) is 2.99. The Labute approximate surface area is 160 Å². The molecule has 146 valence electrons. The molecule has 1 aliphatic heterocycles. The van der Waals surface area contributed by atoms with Crippen molar-refractivity contribution in [2.75, 3.05) is 26.8 Å². The number of amides is 2. The number of ether oxygens (including phenoxy) is 1. The van der Waals surface area contributed by atoms with Crippen LogP contribution in [-0.2, 0) is 16.6 Å². The third-order valence-electron chi connectivity index (χ3n) is 5.38. The van der Waals surface area contributed by atoms with Gasteiger partial charge in [0.05, 0.1) is 0 Å². The maximum atomic E-state index is 13.3. The van der Waals surface area contributed by atoms with Crippen molar-refractivity contribution < 1.29 is 14.3 Å². The number of aryl methyl sites for hydroxylation is 2. The van der Waals surface area contributed by atoms with Crippen molar-refractivity contribution in [1.82, 2.24) is 14.8 Å². The fraction of sp³-hybridized carbons (Fsp3) is 0.524. The van der Waals surface area contributed by atoms with Crippen molar-refractivity contribution in [3.63, 3.8) is 0 Å². The van der Waals surface area contributed by atoms with Gasteiger partial charge in [0.2, 0.25) is 5.91 Å². The number of carbonyl (C=O) groups excluding carboxylic acids is 2. The number of methoxy groups -OCH3 is 1. The van der Waals surface area contributed by atoms with Gasteiger partial charge in [0.25, 0.3) is 5.91 Å². The molecule has 1 aliphatic rings. The normalized spacial score (nSPS) is 17.3. The standard InChI is InChI=1S/C21H29N3O3/c1-15-7-8-18-16(12-15)13-19(23(18)2)21(26)24-11-5-4-6-17(24)9-10-22-20(25)14-27-3/h7-8,12-13,17H,4-6,9-11,14H2,1-3H3,(H,22,25). The summed E-state index contributed by atoms with van der Waals surface area (Å²) in [7, 11) is 3.46. The Morgan fingerprint density at radius 1 is 1.26 bits per heavy atom. The molecule has 1 N–H and O–H groups in total. The first-order valence-corrected chi connectivity index (χ1v) is 9.64. The van der Waals surface area contributed by atoms with E-state index in [-0.39, 0.29) is 24.5 Å². The highest BCUT2D eigenvalue weighted by molar-refractivity contribution is 5.99. The molecule has 27 heavy (non-hydrogen) atoms. The molecule has 1 saturated heterocycles. The predicted octanol–water partition coefficient (Wildman–Crippen LogP) is 2.63. The molecule has 1 fully saturated rings. The molecule has 6 heteroatoms. The van der Waals surface area contributed by atoms with Gasteiger partial charge in [-0.15, -0.1) is 0 Å². The quantitative estimate of drug-likeness (QED) is 0.849. The second-order valence-electron chi connectivity index (χ2n) is 7.37. The van der Waals surface area contributed by atoms with E-state index in [0.29, 0.717) is 6.54 Å². The largest absolute Gasteiger partial charge is 0.375 e. The van der Waals surface area contributed by atoms with Crippen LogP contribution < -0.4 is 5.32 Å². The topological polar surface area (TPSA) is 63.6 Å². The van der Waals surface area contributed by atoms with Crippen molar-refractivity contribution in [2.24, 2.45) is 7.05 Å². The van der Waals surface area contributed by atoms with Crippen LogP contribution in [0.3, 0.4) is 0 Å². The van der Waals surface area contributed by atoms with E-state index >= 15 is 0 Å². The molecule has 1 unspecified atom stereocenters. The molecule has 0 saturated carbocycles. The summed E-state index contributed by atoms with van der Waals surface area (Å²) in [4.78, 5) is 26.8. The highest BCUT2D eigenvalue weighted by atomic mass is 16.5. The van der Waals surface area contributed by atoms with Gasteiger partial charge in [0, 0.05) is 44.2 Å². The SMILES string of the molecule is COCC(=O)NCCC1CCCCN1C(=O)c1cc2cc(C)ccc2n1C. The molecule has 3 rings (SSSR count). The Bertz CT molecular complexity index is 827. The lowest BCUT2D eigenvalue weighted by atomic mass is 9.98. The van der Waals surface area contributed by atoms with Gasteiger partial charge in [-0.3, -0.25) is 9.59 Å². The minimum atomic E-state index is -0.116. The molecule has 0 spiro atoms. The first kappa shape index (κ1) is 19.4. The van der Waals surface area contributed by atoms with Crippen molar-refractivity contribution in [2.45, 2.75) is 38.6 Å². The van der Waals surface area contributed by atoms with Crippen LogP contribution in [0.4, 0.5) is 0 Å². The van der Waals surface area contributed by atoms with E-state index in [1.54, 1.807) is 0 Å². The molecule has 6 nitrogen and oxygen atoms in total. The Balaban J connectivity index is 1.73. The smallest absolute Gasteiger partial charge is 0.270 e. The van der Waals surface area contributed by atoms with E-state index in [1.165, 1.54) is 12.7 Å². The van der Waals surface area contributed by atoms with Gasteiger partial charge in [-0.05, 0) is 50.8 Å². The molecule has 2 amide bonds. The number of hydrogen-bond donors (Lipinski definition) is 1. The summed E-state index contributed by atoms with van der Waals surface area (Å²) >= 11 is 0. The number of rotatable bonds is 6. The second-order valence-corrected chi connectivity index (χ2v) is 7.37. The van der Waals surface area contributed by atoms with Crippen LogP contribution in [0, 0.1) is 6.92 Å². The average molecular weight is 371 g/mol. The lowest BCUT2D eigenvalue weighted by Crippen LogP contribution is -2.45. The lowest BCUT2D eigenvalue weighted by Gasteiger charge is -2.36. The molecule has 0 aliphatic carbocycles. The number of nitrogens with zero attached hydrogens (tertiary/aromatic N) is 2. The maximum Gasteiger partial charge on any atom is 0.270 e. The Morgan fingerprint density at radius 2 is 2.07 bits per heavy atom. The lowest BCUT2D eigenvalue weighted by molar-refractivity contribution is -0.124. The number of fused-ring (bicyclic) bond motifs is 1. The van der Waals surface area contributed by atoms with E-state index in [9.17, 15) is 9.59 Å². The highest BCUT2D eigenvalue weighted by Gasteiger charge is 2.29. The third-order valence-corrected chi connectivity index (χ3v) is 5.38. The predicted molar refractivity (Wildman–Crippen MR) is 106 cm³/mol. The molecular formula is C21H29N3O3. The number of carbonyl (C=O) groups is 2. The molecule has 0 bridgehead atoms. The average Bonchev–Trinajstić information content (AvgIpc) is 2.97. The minimum Gasteiger partial charge on any atom is -0.375 e. The van der Waals surface area contributed by atoms with Crippen LogP contribution in [0.5, 0.6) is 0 Å². The van der Waals surface area contributed by atoms with Gasteiger partial charge in [0.15, 0.2) is 0 Å². The maximum absolute atomic E-state index is 13.3. The molecule has 2 aromatic rings. The monoisotopic (exact) mass is 371 g/mol. The van der Waals surface area contributed by atoms with Gasteiger partial charge >= 0.3 is 0 Å². The van der Waals surface area contributed by atoms with Gasteiger partial charge < -0.3 is 19.5 Å². The summed E-state index contributed by atoms with van der Waals surface area (Å²) in [6.07, 6.45) is 3.90. The number of benzene rings is 1. The van der Waals surface area contributed by atoms with E-state index in [1.807, 2.05) is 22.6 Å². The molecule has 0 radical (unpaired) electrons. The zero-order valence-electron chi connectivity index (χ0n) is 16.5. The number of hydrogen-bond acceptors (Lipinski definition) is 3. The second kappa shape index (κ2) is 8.57. The minimum absolute atomic E-state index is 0.0721. The highest BCUT2D eigenvalue weighted by Crippen LogP contribution is 2.25. The van der Waals surface area contributed by atoms with Crippen molar-refractivity contribution in [3.05, 3.63) is 35.5 Å².